The van der Waals surface area contributed by atoms with Gasteiger partial charge < -0.3 is 26.2 Å². The van der Waals surface area contributed by atoms with E-state index >= 15 is 0 Å². The molecule has 0 spiro atoms. The number of carbonyl (C=O) groups excluding carboxylic acids is 2. The molecule has 3 amide bonds. The number of fused-ring (bicyclic) bond motifs is 1. The number of hydrogen-bond donors (Lipinski definition) is 4. The van der Waals surface area contributed by atoms with Crippen LogP contribution in [0.3, 0.4) is 0 Å². The van der Waals surface area contributed by atoms with Gasteiger partial charge in [-0.3, -0.25) is 9.69 Å². The minimum Gasteiger partial charge on any atom is -0.369 e. The Bertz CT molecular complexity index is 1270. The molecule has 5 rings (SSSR count). The number of hydrogen-bond acceptors (Lipinski definition) is 7. The molecule has 3 aromatic rings. The number of piperazine rings is 1. The van der Waals surface area contributed by atoms with Crippen molar-refractivity contribution in [2.24, 2.45) is 0 Å². The van der Waals surface area contributed by atoms with Gasteiger partial charge >= 0.3 is 6.03 Å². The molecule has 10 nitrogen and oxygen atoms in total. The van der Waals surface area contributed by atoms with Gasteiger partial charge in [0.2, 0.25) is 11.9 Å². The van der Waals surface area contributed by atoms with E-state index in [2.05, 4.69) is 54.8 Å². The Balaban J connectivity index is 1.33. The lowest BCUT2D eigenvalue weighted by atomic mass is 10.1. The number of aromatic nitrogens is 2. The Hall–Kier alpha value is -4.44. The highest BCUT2D eigenvalue weighted by atomic mass is 16.2. The lowest BCUT2D eigenvalue weighted by Gasteiger charge is -2.29. The van der Waals surface area contributed by atoms with Gasteiger partial charge in [-0.05, 0) is 48.0 Å². The van der Waals surface area contributed by atoms with E-state index in [9.17, 15) is 9.59 Å². The maximum atomic E-state index is 12.8. The smallest absolute Gasteiger partial charge is 0.323 e. The fourth-order valence-corrected chi connectivity index (χ4v) is 4.26. The van der Waals surface area contributed by atoms with Crippen LogP contribution in [0.5, 0.6) is 0 Å². The van der Waals surface area contributed by atoms with Gasteiger partial charge in [0.15, 0.2) is 0 Å². The van der Waals surface area contributed by atoms with Gasteiger partial charge in [0, 0.05) is 61.5 Å². The Morgan fingerprint density at radius 3 is 2.69 bits per heavy atom. The number of rotatable bonds is 7. The van der Waals surface area contributed by atoms with Crippen molar-refractivity contribution in [1.29, 1.82) is 0 Å². The van der Waals surface area contributed by atoms with E-state index in [4.69, 9.17) is 0 Å². The summed E-state index contributed by atoms with van der Waals surface area (Å²) < 4.78 is 0. The fraction of sp³-hybridized carbons (Fsp3) is 0.231. The third kappa shape index (κ3) is 5.28. The highest BCUT2D eigenvalue weighted by Gasteiger charge is 2.26. The van der Waals surface area contributed by atoms with Crippen molar-refractivity contribution < 1.29 is 9.59 Å². The van der Waals surface area contributed by atoms with E-state index in [1.165, 1.54) is 11.8 Å². The van der Waals surface area contributed by atoms with E-state index < -0.39 is 0 Å². The number of amides is 3. The Labute approximate surface area is 209 Å². The van der Waals surface area contributed by atoms with E-state index in [0.717, 1.165) is 43.0 Å². The number of urea groups is 1. The van der Waals surface area contributed by atoms with Crippen LogP contribution in [0.4, 0.5) is 33.6 Å². The second-order valence-electron chi connectivity index (χ2n) is 8.59. The van der Waals surface area contributed by atoms with Crippen molar-refractivity contribution in [1.82, 2.24) is 20.6 Å². The molecule has 0 radical (unpaired) electrons. The SMILES string of the molecule is C=CC(=O)Nc1cccc(CN2C(=O)NCc3cnc(Nc4ccc(N5CCNCC5)cc4)nc32)c1. The number of carbonyl (C=O) groups is 2. The van der Waals surface area contributed by atoms with Gasteiger partial charge in [0.05, 0.1) is 6.54 Å². The summed E-state index contributed by atoms with van der Waals surface area (Å²) in [5.41, 5.74) is 4.35. The van der Waals surface area contributed by atoms with Crippen molar-refractivity contribution in [2.75, 3.05) is 46.6 Å². The molecule has 0 saturated carbocycles. The molecule has 36 heavy (non-hydrogen) atoms. The highest BCUT2D eigenvalue weighted by Crippen LogP contribution is 2.27. The van der Waals surface area contributed by atoms with Gasteiger partial charge in [-0.25, -0.2) is 9.78 Å². The molecule has 4 N–H and O–H groups in total. The van der Waals surface area contributed by atoms with Crippen LogP contribution >= 0.6 is 0 Å². The molecule has 2 aromatic carbocycles. The number of benzene rings is 2. The first-order chi connectivity index (χ1) is 17.6. The molecule has 0 aliphatic carbocycles. The lowest BCUT2D eigenvalue weighted by Crippen LogP contribution is -2.44. The van der Waals surface area contributed by atoms with E-state index in [1.54, 1.807) is 17.2 Å². The summed E-state index contributed by atoms with van der Waals surface area (Å²) in [6.07, 6.45) is 2.94. The zero-order valence-corrected chi connectivity index (χ0v) is 19.8. The van der Waals surface area contributed by atoms with Gasteiger partial charge in [-0.1, -0.05) is 18.7 Å². The summed E-state index contributed by atoms with van der Waals surface area (Å²) in [6.45, 7) is 8.07. The summed E-state index contributed by atoms with van der Waals surface area (Å²) in [5.74, 6) is 0.669. The molecule has 184 valence electrons. The van der Waals surface area contributed by atoms with Crippen LogP contribution in [0.25, 0.3) is 0 Å². The minimum absolute atomic E-state index is 0.243. The maximum Gasteiger partial charge on any atom is 0.323 e. The Morgan fingerprint density at radius 1 is 1.11 bits per heavy atom. The summed E-state index contributed by atoms with van der Waals surface area (Å²) in [4.78, 5) is 37.5. The predicted octanol–water partition coefficient (Wildman–Crippen LogP) is 2.98. The first-order valence-electron chi connectivity index (χ1n) is 11.9. The summed E-state index contributed by atoms with van der Waals surface area (Å²) in [6, 6.07) is 15.3. The van der Waals surface area contributed by atoms with Gasteiger partial charge in [0.25, 0.3) is 0 Å². The molecule has 1 aromatic heterocycles. The molecule has 2 aliphatic heterocycles. The molecular formula is C26H28N8O2. The quantitative estimate of drug-likeness (QED) is 0.381. The molecule has 0 atom stereocenters. The Kier molecular flexibility index (Phi) is 6.76. The summed E-state index contributed by atoms with van der Waals surface area (Å²) in [5, 5.41) is 12.2. The molecule has 0 unspecified atom stereocenters. The van der Waals surface area contributed by atoms with Crippen LogP contribution in [0.1, 0.15) is 11.1 Å². The monoisotopic (exact) mass is 484 g/mol. The van der Waals surface area contributed by atoms with Crippen molar-refractivity contribution in [3.8, 4) is 0 Å². The first kappa shape index (κ1) is 23.3. The van der Waals surface area contributed by atoms with Crippen molar-refractivity contribution >= 4 is 40.8 Å². The summed E-state index contributed by atoms with van der Waals surface area (Å²) >= 11 is 0. The standard InChI is InChI=1S/C26H28N8O2/c1-2-23(35)30-21-5-3-4-18(14-21)17-34-24-19(16-29-26(34)36)15-28-25(32-24)31-20-6-8-22(9-7-20)33-12-10-27-11-13-33/h2-9,14-15,27H,1,10-13,16-17H2,(H,29,36)(H,30,35)(H,28,31,32). The highest BCUT2D eigenvalue weighted by molar-refractivity contribution is 5.99. The van der Waals surface area contributed by atoms with E-state index in [-0.39, 0.29) is 18.5 Å². The number of nitrogens with zero attached hydrogens (tertiary/aromatic N) is 4. The fourth-order valence-electron chi connectivity index (χ4n) is 4.26. The van der Waals surface area contributed by atoms with Crippen molar-refractivity contribution in [3.63, 3.8) is 0 Å². The van der Waals surface area contributed by atoms with E-state index in [1.807, 2.05) is 30.3 Å². The zero-order chi connectivity index (χ0) is 24.9. The molecule has 1 fully saturated rings. The average Bonchev–Trinajstić information content (AvgIpc) is 2.91. The average molecular weight is 485 g/mol. The predicted molar refractivity (Wildman–Crippen MR) is 141 cm³/mol. The lowest BCUT2D eigenvalue weighted by molar-refractivity contribution is -0.111. The second kappa shape index (κ2) is 10.4. The van der Waals surface area contributed by atoms with E-state index in [0.29, 0.717) is 24.0 Å². The van der Waals surface area contributed by atoms with Crippen LogP contribution < -0.4 is 31.1 Å². The molecule has 10 heteroatoms. The molecule has 0 bridgehead atoms. The largest absolute Gasteiger partial charge is 0.369 e. The topological polar surface area (TPSA) is 115 Å². The zero-order valence-electron chi connectivity index (χ0n) is 19.8. The first-order valence-corrected chi connectivity index (χ1v) is 11.9. The van der Waals surface area contributed by atoms with Crippen LogP contribution in [0.2, 0.25) is 0 Å². The van der Waals surface area contributed by atoms with Crippen LogP contribution in [0, 0.1) is 0 Å². The number of anilines is 5. The van der Waals surface area contributed by atoms with Gasteiger partial charge in [-0.15, -0.1) is 0 Å². The molecule has 3 heterocycles. The Morgan fingerprint density at radius 2 is 1.92 bits per heavy atom. The van der Waals surface area contributed by atoms with Crippen LogP contribution in [-0.4, -0.2) is 48.1 Å². The third-order valence-electron chi connectivity index (χ3n) is 6.10. The summed E-state index contributed by atoms with van der Waals surface area (Å²) in [7, 11) is 0. The third-order valence-corrected chi connectivity index (χ3v) is 6.10. The minimum atomic E-state index is -0.294. The van der Waals surface area contributed by atoms with Crippen LogP contribution in [0.15, 0.2) is 67.4 Å². The molecular weight excluding hydrogens is 456 g/mol. The second-order valence-corrected chi connectivity index (χ2v) is 8.59. The van der Waals surface area contributed by atoms with Crippen molar-refractivity contribution in [3.05, 3.63) is 78.5 Å². The maximum absolute atomic E-state index is 12.8. The van der Waals surface area contributed by atoms with Gasteiger partial charge in [-0.2, -0.15) is 4.98 Å². The van der Waals surface area contributed by atoms with Gasteiger partial charge in [0.1, 0.15) is 5.82 Å². The van der Waals surface area contributed by atoms with Crippen molar-refractivity contribution in [2.45, 2.75) is 13.1 Å². The molecule has 2 aliphatic rings. The molecule has 1 saturated heterocycles. The normalized spacial score (nSPS) is 15.1. The van der Waals surface area contributed by atoms with Crippen LogP contribution in [-0.2, 0) is 17.9 Å². The number of nitrogens with one attached hydrogen (secondary N) is 4.